The molecular formula is C15H15Br2NO. The lowest BCUT2D eigenvalue weighted by atomic mass is 10.0. The van der Waals surface area contributed by atoms with Gasteiger partial charge in [0, 0.05) is 10.7 Å². The lowest BCUT2D eigenvalue weighted by molar-refractivity contribution is 0.249. The van der Waals surface area contributed by atoms with E-state index in [1.165, 1.54) is 5.56 Å². The molecule has 0 radical (unpaired) electrons. The molecule has 19 heavy (non-hydrogen) atoms. The van der Waals surface area contributed by atoms with Crippen LogP contribution in [0.4, 0.5) is 0 Å². The Kier molecular flexibility index (Phi) is 5.40. The van der Waals surface area contributed by atoms with E-state index in [1.807, 2.05) is 12.1 Å². The molecule has 0 saturated carbocycles. The van der Waals surface area contributed by atoms with Crippen molar-refractivity contribution in [2.75, 3.05) is 6.61 Å². The van der Waals surface area contributed by atoms with E-state index in [1.54, 1.807) is 6.20 Å². The Balaban J connectivity index is 1.88. The summed E-state index contributed by atoms with van der Waals surface area (Å²) in [7, 11) is 0. The largest absolute Gasteiger partial charge is 0.477 e. The van der Waals surface area contributed by atoms with Gasteiger partial charge >= 0.3 is 0 Å². The molecule has 0 spiro atoms. The fraction of sp³-hybridized carbons (Fsp3) is 0.267. The van der Waals surface area contributed by atoms with Crippen LogP contribution >= 0.6 is 31.9 Å². The summed E-state index contributed by atoms with van der Waals surface area (Å²) in [6.45, 7) is 2.84. The highest BCUT2D eigenvalue weighted by Crippen LogP contribution is 2.25. The van der Waals surface area contributed by atoms with Crippen molar-refractivity contribution in [2.24, 2.45) is 5.92 Å². The number of nitrogens with zero attached hydrogens (tertiary/aromatic N) is 1. The summed E-state index contributed by atoms with van der Waals surface area (Å²) in [5, 5.41) is 0. The van der Waals surface area contributed by atoms with Gasteiger partial charge < -0.3 is 4.74 Å². The first-order valence-electron chi connectivity index (χ1n) is 6.13. The quantitative estimate of drug-likeness (QED) is 0.733. The molecule has 0 saturated heterocycles. The van der Waals surface area contributed by atoms with E-state index >= 15 is 0 Å². The Morgan fingerprint density at radius 2 is 1.95 bits per heavy atom. The summed E-state index contributed by atoms with van der Waals surface area (Å²) in [6.07, 6.45) is 2.75. The predicted octanol–water partition coefficient (Wildman–Crippen LogP) is 4.86. The summed E-state index contributed by atoms with van der Waals surface area (Å²) in [6, 6.07) is 12.4. The van der Waals surface area contributed by atoms with Crippen LogP contribution in [0.3, 0.4) is 0 Å². The highest BCUT2D eigenvalue weighted by atomic mass is 79.9. The van der Waals surface area contributed by atoms with E-state index in [-0.39, 0.29) is 0 Å². The first kappa shape index (κ1) is 14.5. The number of aromatic nitrogens is 1. The van der Waals surface area contributed by atoms with Crippen LogP contribution in [0.1, 0.15) is 12.5 Å². The standard InChI is InChI=1S/C15H15Br2NO/c1-11(7-12-5-3-2-4-6-12)10-19-15-14(17)8-13(16)9-18-15/h2-6,8-9,11H,7,10H2,1H3/t11-/m0/s1. The van der Waals surface area contributed by atoms with Gasteiger partial charge in [0.2, 0.25) is 5.88 Å². The zero-order chi connectivity index (χ0) is 13.7. The lowest BCUT2D eigenvalue weighted by Gasteiger charge is -2.13. The van der Waals surface area contributed by atoms with Gasteiger partial charge in [-0.1, -0.05) is 37.3 Å². The molecule has 4 heteroatoms. The maximum Gasteiger partial charge on any atom is 0.228 e. The molecule has 1 aromatic heterocycles. The Morgan fingerprint density at radius 1 is 1.21 bits per heavy atom. The second-order valence-corrected chi connectivity index (χ2v) is 6.32. The van der Waals surface area contributed by atoms with Gasteiger partial charge in [-0.05, 0) is 55.8 Å². The summed E-state index contributed by atoms with van der Waals surface area (Å²) in [5.41, 5.74) is 1.33. The molecule has 2 nitrogen and oxygen atoms in total. The van der Waals surface area contributed by atoms with E-state index in [0.717, 1.165) is 15.4 Å². The normalized spacial score (nSPS) is 12.2. The Bertz CT molecular complexity index is 531. The fourth-order valence-corrected chi connectivity index (χ4v) is 2.91. The van der Waals surface area contributed by atoms with E-state index < -0.39 is 0 Å². The Labute approximate surface area is 130 Å². The average Bonchev–Trinajstić information content (AvgIpc) is 2.39. The second kappa shape index (κ2) is 7.06. The van der Waals surface area contributed by atoms with Crippen LogP contribution in [0.15, 0.2) is 51.5 Å². The smallest absolute Gasteiger partial charge is 0.228 e. The summed E-state index contributed by atoms with van der Waals surface area (Å²) >= 11 is 6.82. The van der Waals surface area contributed by atoms with Crippen LogP contribution in [-0.4, -0.2) is 11.6 Å². The van der Waals surface area contributed by atoms with Gasteiger partial charge in [0.25, 0.3) is 0 Å². The van der Waals surface area contributed by atoms with Gasteiger partial charge in [-0.15, -0.1) is 0 Å². The minimum atomic E-state index is 0.444. The SMILES string of the molecule is C[C@H](COc1ncc(Br)cc1Br)Cc1ccccc1. The number of hydrogen-bond donors (Lipinski definition) is 0. The molecule has 0 N–H and O–H groups in total. The third kappa shape index (κ3) is 4.62. The molecule has 2 rings (SSSR count). The van der Waals surface area contributed by atoms with Crippen LogP contribution in [0.5, 0.6) is 5.88 Å². The van der Waals surface area contributed by atoms with Crippen LogP contribution < -0.4 is 4.74 Å². The topological polar surface area (TPSA) is 22.1 Å². The monoisotopic (exact) mass is 383 g/mol. The first-order valence-corrected chi connectivity index (χ1v) is 7.71. The summed E-state index contributed by atoms with van der Waals surface area (Å²) in [4.78, 5) is 4.24. The first-order chi connectivity index (χ1) is 9.15. The molecule has 0 fully saturated rings. The molecule has 100 valence electrons. The van der Waals surface area contributed by atoms with E-state index in [0.29, 0.717) is 18.4 Å². The number of rotatable bonds is 5. The Hall–Kier alpha value is -0.870. The van der Waals surface area contributed by atoms with Crippen molar-refractivity contribution in [3.63, 3.8) is 0 Å². The third-order valence-electron chi connectivity index (χ3n) is 2.71. The van der Waals surface area contributed by atoms with Crippen molar-refractivity contribution in [1.29, 1.82) is 0 Å². The summed E-state index contributed by atoms with van der Waals surface area (Å²) < 4.78 is 7.55. The van der Waals surface area contributed by atoms with Crippen molar-refractivity contribution in [1.82, 2.24) is 4.98 Å². The maximum atomic E-state index is 5.75. The van der Waals surface area contributed by atoms with E-state index in [9.17, 15) is 0 Å². The highest BCUT2D eigenvalue weighted by molar-refractivity contribution is 9.11. The molecule has 1 aromatic carbocycles. The number of hydrogen-bond acceptors (Lipinski definition) is 2. The van der Waals surface area contributed by atoms with Gasteiger partial charge in [-0.2, -0.15) is 0 Å². The molecule has 0 amide bonds. The minimum absolute atomic E-state index is 0.444. The number of halogens is 2. The zero-order valence-electron chi connectivity index (χ0n) is 10.6. The van der Waals surface area contributed by atoms with Gasteiger partial charge in [0.15, 0.2) is 0 Å². The number of pyridine rings is 1. The average molecular weight is 385 g/mol. The molecule has 0 unspecified atom stereocenters. The van der Waals surface area contributed by atoms with Gasteiger partial charge in [-0.25, -0.2) is 4.98 Å². The van der Waals surface area contributed by atoms with Crippen LogP contribution in [0.25, 0.3) is 0 Å². The van der Waals surface area contributed by atoms with E-state index in [4.69, 9.17) is 4.74 Å². The Morgan fingerprint density at radius 3 is 2.63 bits per heavy atom. The predicted molar refractivity (Wildman–Crippen MR) is 84.4 cm³/mol. The van der Waals surface area contributed by atoms with Crippen molar-refractivity contribution < 1.29 is 4.74 Å². The molecule has 2 aromatic rings. The van der Waals surface area contributed by atoms with Crippen molar-refractivity contribution >= 4 is 31.9 Å². The molecule has 1 heterocycles. The molecule has 0 aliphatic heterocycles. The van der Waals surface area contributed by atoms with Crippen LogP contribution in [0, 0.1) is 5.92 Å². The number of ether oxygens (including phenoxy) is 1. The molecular weight excluding hydrogens is 370 g/mol. The van der Waals surface area contributed by atoms with Crippen LogP contribution in [0.2, 0.25) is 0 Å². The van der Waals surface area contributed by atoms with Gasteiger partial charge in [0.05, 0.1) is 11.1 Å². The molecule has 0 aliphatic carbocycles. The van der Waals surface area contributed by atoms with Crippen molar-refractivity contribution in [3.05, 3.63) is 57.1 Å². The second-order valence-electron chi connectivity index (χ2n) is 4.55. The summed E-state index contributed by atoms with van der Waals surface area (Å²) in [5.74, 6) is 1.09. The zero-order valence-corrected chi connectivity index (χ0v) is 13.8. The third-order valence-corrected chi connectivity index (χ3v) is 3.71. The maximum absolute atomic E-state index is 5.75. The van der Waals surface area contributed by atoms with E-state index in [2.05, 4.69) is 68.0 Å². The van der Waals surface area contributed by atoms with Crippen molar-refractivity contribution in [3.8, 4) is 5.88 Å². The van der Waals surface area contributed by atoms with Crippen LogP contribution in [-0.2, 0) is 6.42 Å². The molecule has 0 aliphatic rings. The molecule has 0 bridgehead atoms. The highest BCUT2D eigenvalue weighted by Gasteiger charge is 2.08. The van der Waals surface area contributed by atoms with Gasteiger partial charge in [-0.3, -0.25) is 0 Å². The lowest BCUT2D eigenvalue weighted by Crippen LogP contribution is -2.12. The molecule has 1 atom stereocenters. The van der Waals surface area contributed by atoms with Gasteiger partial charge in [0.1, 0.15) is 0 Å². The number of benzene rings is 1. The minimum Gasteiger partial charge on any atom is -0.477 e. The fourth-order valence-electron chi connectivity index (χ4n) is 1.80. The van der Waals surface area contributed by atoms with Crippen molar-refractivity contribution in [2.45, 2.75) is 13.3 Å².